The van der Waals surface area contributed by atoms with Gasteiger partial charge in [-0.3, -0.25) is 4.90 Å². The third-order valence-electron chi connectivity index (χ3n) is 4.06. The molecule has 0 amide bonds. The van der Waals surface area contributed by atoms with Gasteiger partial charge in [-0.15, -0.1) is 0 Å². The Morgan fingerprint density at radius 3 is 2.59 bits per heavy atom. The first-order valence-corrected chi connectivity index (χ1v) is 7.01. The van der Waals surface area contributed by atoms with E-state index in [1.165, 1.54) is 12.8 Å². The van der Waals surface area contributed by atoms with Crippen molar-refractivity contribution < 1.29 is 5.11 Å². The highest BCUT2D eigenvalue weighted by atomic mass is 16.3. The standard InChI is InChI=1S/C14H30N2O/c1-14(2,3)13(15-4)8-10-16-9-6-5-7-12(16)11-17/h12-13,15,17H,5-11H2,1-4H3. The number of aliphatic hydroxyl groups excluding tert-OH is 1. The van der Waals surface area contributed by atoms with Crippen molar-refractivity contribution >= 4 is 0 Å². The van der Waals surface area contributed by atoms with Crippen LogP contribution in [-0.2, 0) is 0 Å². The second kappa shape index (κ2) is 6.72. The summed E-state index contributed by atoms with van der Waals surface area (Å²) >= 11 is 0. The van der Waals surface area contributed by atoms with Gasteiger partial charge < -0.3 is 10.4 Å². The monoisotopic (exact) mass is 242 g/mol. The number of nitrogens with zero attached hydrogens (tertiary/aromatic N) is 1. The van der Waals surface area contributed by atoms with Gasteiger partial charge in [0, 0.05) is 18.6 Å². The van der Waals surface area contributed by atoms with E-state index in [1.54, 1.807) is 0 Å². The maximum Gasteiger partial charge on any atom is 0.0586 e. The van der Waals surface area contributed by atoms with E-state index in [2.05, 4.69) is 38.0 Å². The Morgan fingerprint density at radius 1 is 1.35 bits per heavy atom. The molecule has 0 spiro atoms. The molecule has 0 aromatic heterocycles. The number of nitrogens with one attached hydrogen (secondary N) is 1. The number of piperidine rings is 1. The first kappa shape index (κ1) is 14.9. The molecule has 1 aliphatic heterocycles. The molecule has 0 saturated carbocycles. The van der Waals surface area contributed by atoms with Gasteiger partial charge in [-0.05, 0) is 38.3 Å². The second-order valence-corrected chi connectivity index (χ2v) is 6.36. The van der Waals surface area contributed by atoms with Crippen molar-refractivity contribution in [3.8, 4) is 0 Å². The highest BCUT2D eigenvalue weighted by Gasteiger charge is 2.26. The van der Waals surface area contributed by atoms with E-state index in [4.69, 9.17) is 0 Å². The van der Waals surface area contributed by atoms with Gasteiger partial charge in [-0.25, -0.2) is 0 Å². The SMILES string of the molecule is CNC(CCN1CCCCC1CO)C(C)(C)C. The fourth-order valence-corrected chi connectivity index (χ4v) is 2.87. The van der Waals surface area contributed by atoms with Crippen molar-refractivity contribution in [2.45, 2.75) is 58.5 Å². The van der Waals surface area contributed by atoms with Gasteiger partial charge in [0.1, 0.15) is 0 Å². The number of rotatable bonds is 5. The average molecular weight is 242 g/mol. The minimum absolute atomic E-state index is 0.305. The van der Waals surface area contributed by atoms with Gasteiger partial charge in [0.2, 0.25) is 0 Å². The topological polar surface area (TPSA) is 35.5 Å². The van der Waals surface area contributed by atoms with Gasteiger partial charge in [-0.1, -0.05) is 27.2 Å². The molecule has 0 radical (unpaired) electrons. The molecule has 0 aliphatic carbocycles. The van der Waals surface area contributed by atoms with Crippen molar-refractivity contribution in [3.63, 3.8) is 0 Å². The van der Waals surface area contributed by atoms with Crippen LogP contribution >= 0.6 is 0 Å². The third-order valence-corrected chi connectivity index (χ3v) is 4.06. The molecule has 102 valence electrons. The molecule has 1 rings (SSSR count). The summed E-state index contributed by atoms with van der Waals surface area (Å²) in [4.78, 5) is 2.47. The Morgan fingerprint density at radius 2 is 2.06 bits per heavy atom. The fraction of sp³-hybridized carbons (Fsp3) is 1.00. The van der Waals surface area contributed by atoms with E-state index in [0.717, 1.165) is 25.9 Å². The van der Waals surface area contributed by atoms with E-state index in [0.29, 0.717) is 24.1 Å². The van der Waals surface area contributed by atoms with Crippen LogP contribution in [0.15, 0.2) is 0 Å². The van der Waals surface area contributed by atoms with Crippen LogP contribution in [0.2, 0.25) is 0 Å². The third kappa shape index (κ3) is 4.57. The van der Waals surface area contributed by atoms with Gasteiger partial charge in [-0.2, -0.15) is 0 Å². The molecule has 1 aliphatic rings. The molecule has 17 heavy (non-hydrogen) atoms. The van der Waals surface area contributed by atoms with Crippen LogP contribution < -0.4 is 5.32 Å². The maximum absolute atomic E-state index is 9.39. The lowest BCUT2D eigenvalue weighted by molar-refractivity contribution is 0.0816. The summed E-state index contributed by atoms with van der Waals surface area (Å²) in [5, 5.41) is 12.8. The molecular formula is C14H30N2O. The van der Waals surface area contributed by atoms with Crippen LogP contribution in [0.25, 0.3) is 0 Å². The van der Waals surface area contributed by atoms with Crippen LogP contribution in [-0.4, -0.2) is 48.8 Å². The zero-order valence-electron chi connectivity index (χ0n) is 12.0. The van der Waals surface area contributed by atoms with Gasteiger partial charge in [0.05, 0.1) is 6.61 Å². The van der Waals surface area contributed by atoms with Crippen molar-refractivity contribution in [2.75, 3.05) is 26.7 Å². The highest BCUT2D eigenvalue weighted by molar-refractivity contribution is 4.83. The van der Waals surface area contributed by atoms with E-state index in [9.17, 15) is 5.11 Å². The lowest BCUT2D eigenvalue weighted by atomic mass is 9.84. The Hall–Kier alpha value is -0.120. The quantitative estimate of drug-likeness (QED) is 0.772. The van der Waals surface area contributed by atoms with E-state index in [1.807, 2.05) is 0 Å². The first-order valence-electron chi connectivity index (χ1n) is 7.01. The summed E-state index contributed by atoms with van der Waals surface area (Å²) in [7, 11) is 2.05. The molecule has 1 heterocycles. The van der Waals surface area contributed by atoms with Gasteiger partial charge >= 0.3 is 0 Å². The molecule has 0 aromatic carbocycles. The number of hydrogen-bond donors (Lipinski definition) is 2. The summed E-state index contributed by atoms with van der Waals surface area (Å²) in [5.74, 6) is 0. The van der Waals surface area contributed by atoms with Gasteiger partial charge in [0.25, 0.3) is 0 Å². The predicted molar refractivity (Wildman–Crippen MR) is 73.2 cm³/mol. The molecule has 3 heteroatoms. The highest BCUT2D eigenvalue weighted by Crippen LogP contribution is 2.23. The summed E-state index contributed by atoms with van der Waals surface area (Å²) in [6.45, 7) is 9.44. The Balaban J connectivity index is 2.42. The van der Waals surface area contributed by atoms with Crippen molar-refractivity contribution in [2.24, 2.45) is 5.41 Å². The van der Waals surface area contributed by atoms with Gasteiger partial charge in [0.15, 0.2) is 0 Å². The predicted octanol–water partition coefficient (Wildman–Crippen LogP) is 1.86. The zero-order chi connectivity index (χ0) is 12.9. The van der Waals surface area contributed by atoms with Crippen molar-refractivity contribution in [1.29, 1.82) is 0 Å². The molecule has 1 fully saturated rings. The lowest BCUT2D eigenvalue weighted by Crippen LogP contribution is -2.46. The summed E-state index contributed by atoms with van der Waals surface area (Å²) < 4.78 is 0. The van der Waals surface area contributed by atoms with Crippen LogP contribution in [0, 0.1) is 5.41 Å². The van der Waals surface area contributed by atoms with E-state index < -0.39 is 0 Å². The molecule has 2 atom stereocenters. The number of likely N-dealkylation sites (tertiary alicyclic amines) is 1. The molecular weight excluding hydrogens is 212 g/mol. The van der Waals surface area contributed by atoms with E-state index >= 15 is 0 Å². The molecule has 3 nitrogen and oxygen atoms in total. The van der Waals surface area contributed by atoms with Crippen LogP contribution in [0.1, 0.15) is 46.5 Å². The van der Waals surface area contributed by atoms with Crippen LogP contribution in [0.5, 0.6) is 0 Å². The van der Waals surface area contributed by atoms with Crippen LogP contribution in [0.4, 0.5) is 0 Å². The fourth-order valence-electron chi connectivity index (χ4n) is 2.87. The van der Waals surface area contributed by atoms with Crippen LogP contribution in [0.3, 0.4) is 0 Å². The number of hydrogen-bond acceptors (Lipinski definition) is 3. The number of aliphatic hydroxyl groups is 1. The minimum Gasteiger partial charge on any atom is -0.395 e. The zero-order valence-corrected chi connectivity index (χ0v) is 12.0. The lowest BCUT2D eigenvalue weighted by Gasteiger charge is -2.37. The van der Waals surface area contributed by atoms with E-state index in [-0.39, 0.29) is 0 Å². The smallest absolute Gasteiger partial charge is 0.0586 e. The Labute approximate surface area is 107 Å². The maximum atomic E-state index is 9.39. The molecule has 1 saturated heterocycles. The minimum atomic E-state index is 0.305. The first-order chi connectivity index (χ1) is 7.99. The molecule has 0 aromatic rings. The Kier molecular flexibility index (Phi) is 5.90. The normalized spacial score (nSPS) is 24.9. The summed E-state index contributed by atoms with van der Waals surface area (Å²) in [6, 6.07) is 0.949. The molecule has 0 bridgehead atoms. The summed E-state index contributed by atoms with van der Waals surface area (Å²) in [5.41, 5.74) is 0.305. The van der Waals surface area contributed by atoms with Crippen molar-refractivity contribution in [1.82, 2.24) is 10.2 Å². The molecule has 2 unspecified atom stereocenters. The summed E-state index contributed by atoms with van der Waals surface area (Å²) in [6.07, 6.45) is 4.89. The largest absolute Gasteiger partial charge is 0.395 e. The average Bonchev–Trinajstić information content (AvgIpc) is 2.28. The molecule has 2 N–H and O–H groups in total. The van der Waals surface area contributed by atoms with Crippen molar-refractivity contribution in [3.05, 3.63) is 0 Å². The second-order valence-electron chi connectivity index (χ2n) is 6.36. The Bertz CT molecular complexity index is 213.